The number of carbonyl (C=O) groups is 4. The number of alkyl halides is 3. The van der Waals surface area contributed by atoms with E-state index in [0.29, 0.717) is 13.0 Å². The average molecular weight is 610 g/mol. The third kappa shape index (κ3) is 5.71. The Balaban J connectivity index is 1.36. The Morgan fingerprint density at radius 1 is 1.14 bits per heavy atom. The molecule has 0 spiro atoms. The number of ether oxygens (including phenoxy) is 1. The molecule has 0 aromatic carbocycles. The molecule has 2 saturated heterocycles. The number of piperidine rings is 2. The van der Waals surface area contributed by atoms with Crippen molar-refractivity contribution in [2.45, 2.75) is 115 Å². The summed E-state index contributed by atoms with van der Waals surface area (Å²) in [6.45, 7) is 8.17. The lowest BCUT2D eigenvalue weighted by molar-refractivity contribution is -0.194. The quantitative estimate of drug-likeness (QED) is 0.348. The van der Waals surface area contributed by atoms with Gasteiger partial charge in [0.05, 0.1) is 17.8 Å². The number of carbonyl (C=O) groups excluding carboxylic acids is 4. The minimum atomic E-state index is -4.75. The number of nitrogens with zero attached hydrogens (tertiary/aromatic N) is 2. The van der Waals surface area contributed by atoms with E-state index >= 15 is 0 Å². The summed E-state index contributed by atoms with van der Waals surface area (Å²) in [5, 5.41) is 17.7. The number of fused-ring (bicyclic) bond motifs is 1. The molecule has 238 valence electrons. The Kier molecular flexibility index (Phi) is 8.02. The van der Waals surface area contributed by atoms with Gasteiger partial charge in [0.1, 0.15) is 23.5 Å². The molecule has 2 aliphatic heterocycles. The van der Waals surface area contributed by atoms with Crippen molar-refractivity contribution in [3.8, 4) is 6.07 Å². The largest absolute Gasteiger partial charge is 0.403 e. The molecule has 4 amide bonds. The van der Waals surface area contributed by atoms with Crippen molar-refractivity contribution in [1.29, 1.82) is 5.26 Å². The number of halogens is 3. The smallest absolute Gasteiger partial charge is 0.370 e. The number of likely N-dealkylation sites (tertiary alicyclic amines) is 1. The van der Waals surface area contributed by atoms with E-state index in [1.54, 1.807) is 6.92 Å². The molecule has 5 aliphatic rings. The fourth-order valence-electron chi connectivity index (χ4n) is 7.47. The summed E-state index contributed by atoms with van der Waals surface area (Å²) in [6.07, 6.45) is -2.53. The van der Waals surface area contributed by atoms with E-state index in [-0.39, 0.29) is 49.0 Å². The highest BCUT2D eigenvalue weighted by molar-refractivity contribution is 5.95. The van der Waals surface area contributed by atoms with Crippen molar-refractivity contribution < 1.29 is 37.1 Å². The van der Waals surface area contributed by atoms with Crippen molar-refractivity contribution >= 4 is 23.6 Å². The molecule has 13 heteroatoms. The maximum Gasteiger partial charge on any atom is 0.403 e. The van der Waals surface area contributed by atoms with E-state index in [2.05, 4.69) is 22.0 Å². The molecule has 5 rings (SSSR count). The zero-order valence-electron chi connectivity index (χ0n) is 25.2. The average Bonchev–Trinajstić information content (AvgIpc) is 3.77. The van der Waals surface area contributed by atoms with Gasteiger partial charge in [-0.15, -0.1) is 0 Å². The molecule has 3 N–H and O–H groups in total. The molecular formula is C30H42F3N5O5. The van der Waals surface area contributed by atoms with Crippen LogP contribution in [0.1, 0.15) is 79.1 Å². The zero-order chi connectivity index (χ0) is 31.5. The second-order valence-electron chi connectivity index (χ2n) is 14.1. The van der Waals surface area contributed by atoms with Crippen molar-refractivity contribution in [2.24, 2.45) is 28.6 Å². The van der Waals surface area contributed by atoms with Crippen LogP contribution in [-0.2, 0) is 23.9 Å². The van der Waals surface area contributed by atoms with Crippen LogP contribution in [-0.4, -0.2) is 77.6 Å². The summed E-state index contributed by atoms with van der Waals surface area (Å²) in [7, 11) is 0. The van der Waals surface area contributed by atoms with Gasteiger partial charge in [-0.25, -0.2) is 0 Å². The number of nitrogens with one attached hydrogen (secondary N) is 3. The fourth-order valence-corrected chi connectivity index (χ4v) is 7.47. The Labute approximate surface area is 249 Å². The summed E-state index contributed by atoms with van der Waals surface area (Å²) in [6, 6.07) is -1.31. The standard InChI is InChI=1S/C30H42F3N5O5/c1-16(43-28(4)8-6-9-28)21(37-26(42)29(10-11-29)30(31,32)33)25(41)38-15-19-20(27(19,2)3)22(38)24(40)36-18(14-34)13-17-7-5-12-35-23(17)39/h16-22H,5-13,15H2,1-4H3,(H,35,39)(H,36,40)(H,37,42)/t16-,17+,18+,19+,20+,21+,22+/m1/s1. The van der Waals surface area contributed by atoms with Crippen LogP contribution in [0.5, 0.6) is 0 Å². The van der Waals surface area contributed by atoms with Crippen LogP contribution in [0.25, 0.3) is 0 Å². The lowest BCUT2D eigenvalue weighted by atomic mass is 9.81. The third-order valence-corrected chi connectivity index (χ3v) is 10.8. The van der Waals surface area contributed by atoms with Gasteiger partial charge < -0.3 is 25.6 Å². The maximum absolute atomic E-state index is 14.2. The highest BCUT2D eigenvalue weighted by Crippen LogP contribution is 2.65. The van der Waals surface area contributed by atoms with Crippen LogP contribution >= 0.6 is 0 Å². The second-order valence-corrected chi connectivity index (χ2v) is 14.1. The Bertz CT molecular complexity index is 1210. The summed E-state index contributed by atoms with van der Waals surface area (Å²) < 4.78 is 47.6. The van der Waals surface area contributed by atoms with Crippen LogP contribution in [0.15, 0.2) is 0 Å². The van der Waals surface area contributed by atoms with Gasteiger partial charge in [0.15, 0.2) is 0 Å². The number of nitriles is 1. The minimum absolute atomic E-state index is 0.0291. The molecule has 0 unspecified atom stereocenters. The predicted molar refractivity (Wildman–Crippen MR) is 147 cm³/mol. The van der Waals surface area contributed by atoms with Crippen LogP contribution in [0.3, 0.4) is 0 Å². The molecule has 3 saturated carbocycles. The van der Waals surface area contributed by atoms with Crippen LogP contribution in [0.4, 0.5) is 13.2 Å². The summed E-state index contributed by atoms with van der Waals surface area (Å²) >= 11 is 0. The van der Waals surface area contributed by atoms with Gasteiger partial charge in [-0.1, -0.05) is 13.8 Å². The molecule has 5 fully saturated rings. The Hall–Kier alpha value is -2.88. The van der Waals surface area contributed by atoms with E-state index in [0.717, 1.165) is 25.7 Å². The van der Waals surface area contributed by atoms with Crippen LogP contribution < -0.4 is 16.0 Å². The number of hydrogen-bond acceptors (Lipinski definition) is 6. The first-order valence-corrected chi connectivity index (χ1v) is 15.4. The van der Waals surface area contributed by atoms with Gasteiger partial charge >= 0.3 is 6.18 Å². The molecule has 0 bridgehead atoms. The molecule has 2 heterocycles. The predicted octanol–water partition coefficient (Wildman–Crippen LogP) is 2.57. The fraction of sp³-hybridized carbons (Fsp3) is 0.833. The van der Waals surface area contributed by atoms with Gasteiger partial charge in [-0.05, 0) is 82.5 Å². The van der Waals surface area contributed by atoms with Gasteiger partial charge in [-0.3, -0.25) is 19.2 Å². The molecule has 0 aromatic heterocycles. The van der Waals surface area contributed by atoms with Crippen LogP contribution in [0.2, 0.25) is 0 Å². The van der Waals surface area contributed by atoms with E-state index in [1.807, 2.05) is 20.8 Å². The first-order chi connectivity index (χ1) is 20.0. The lowest BCUT2D eigenvalue weighted by Crippen LogP contribution is -2.62. The number of rotatable bonds is 10. The van der Waals surface area contributed by atoms with E-state index in [9.17, 15) is 37.6 Å². The normalized spacial score (nSPS) is 31.7. The van der Waals surface area contributed by atoms with Crippen molar-refractivity contribution in [3.05, 3.63) is 0 Å². The monoisotopic (exact) mass is 609 g/mol. The van der Waals surface area contributed by atoms with Crippen molar-refractivity contribution in [3.63, 3.8) is 0 Å². The Morgan fingerprint density at radius 2 is 1.81 bits per heavy atom. The first kappa shape index (κ1) is 31.5. The van der Waals surface area contributed by atoms with E-state index in [1.165, 1.54) is 4.90 Å². The van der Waals surface area contributed by atoms with Gasteiger partial charge in [0.25, 0.3) is 0 Å². The lowest BCUT2D eigenvalue weighted by Gasteiger charge is -2.43. The Morgan fingerprint density at radius 3 is 2.35 bits per heavy atom. The summed E-state index contributed by atoms with van der Waals surface area (Å²) in [5.41, 5.74) is -3.34. The molecule has 43 heavy (non-hydrogen) atoms. The summed E-state index contributed by atoms with van der Waals surface area (Å²) in [5.74, 6) is -3.32. The summed E-state index contributed by atoms with van der Waals surface area (Å²) in [4.78, 5) is 54.6. The number of hydrogen-bond donors (Lipinski definition) is 3. The maximum atomic E-state index is 14.2. The highest BCUT2D eigenvalue weighted by atomic mass is 19.4. The van der Waals surface area contributed by atoms with Gasteiger partial charge in [0.2, 0.25) is 23.6 Å². The minimum Gasteiger partial charge on any atom is -0.370 e. The van der Waals surface area contributed by atoms with E-state index in [4.69, 9.17) is 4.74 Å². The molecule has 3 aliphatic carbocycles. The van der Waals surface area contributed by atoms with Crippen molar-refractivity contribution in [1.82, 2.24) is 20.9 Å². The third-order valence-electron chi connectivity index (χ3n) is 10.8. The van der Waals surface area contributed by atoms with Crippen LogP contribution in [0, 0.1) is 39.9 Å². The molecule has 0 radical (unpaired) electrons. The highest BCUT2D eigenvalue weighted by Gasteiger charge is 2.71. The molecule has 10 nitrogen and oxygen atoms in total. The first-order valence-electron chi connectivity index (χ1n) is 15.4. The van der Waals surface area contributed by atoms with Gasteiger partial charge in [0, 0.05) is 19.0 Å². The topological polar surface area (TPSA) is 141 Å². The SMILES string of the molecule is C[C@@H](OC1(C)CCC1)[C@H](NC(=O)C1(C(F)(F)F)CC1)C(=O)N1C[C@H]2[C@@H]([C@H]1C(=O)N[C@H](C#N)C[C@@H]1CCCNC1=O)C2(C)C. The second kappa shape index (κ2) is 10.9. The van der Waals surface area contributed by atoms with E-state index < -0.39 is 65.1 Å². The van der Waals surface area contributed by atoms with Crippen molar-refractivity contribution in [2.75, 3.05) is 13.1 Å². The molecule has 0 aromatic rings. The van der Waals surface area contributed by atoms with Gasteiger partial charge in [-0.2, -0.15) is 18.4 Å². The molecular weight excluding hydrogens is 567 g/mol. The number of amides is 4. The molecule has 7 atom stereocenters. The zero-order valence-corrected chi connectivity index (χ0v) is 25.2.